The fraction of sp³-hybridized carbons (Fsp3) is 0.316. The summed E-state index contributed by atoms with van der Waals surface area (Å²) in [6.07, 6.45) is 2.68. The van der Waals surface area contributed by atoms with Crippen molar-refractivity contribution in [2.45, 2.75) is 37.2 Å². The van der Waals surface area contributed by atoms with Crippen molar-refractivity contribution in [1.82, 2.24) is 19.9 Å². The maximum absolute atomic E-state index is 12.8. The molecule has 2 aromatic heterocycles. The van der Waals surface area contributed by atoms with Crippen molar-refractivity contribution < 1.29 is 4.79 Å². The lowest BCUT2D eigenvalue weighted by Gasteiger charge is -2.30. The molecule has 0 saturated carbocycles. The van der Waals surface area contributed by atoms with Crippen LogP contribution in [-0.2, 0) is 17.8 Å². The monoisotopic (exact) mass is 352 g/mol. The molecule has 1 N–H and O–H groups in total. The molecule has 1 aliphatic heterocycles. The topological polar surface area (TPSA) is 61.9 Å². The Labute approximate surface area is 150 Å². The second-order valence-corrected chi connectivity index (χ2v) is 7.74. The van der Waals surface area contributed by atoms with E-state index in [0.717, 1.165) is 29.2 Å². The Morgan fingerprint density at radius 2 is 2.08 bits per heavy atom. The van der Waals surface area contributed by atoms with Crippen LogP contribution < -0.4 is 0 Å². The summed E-state index contributed by atoms with van der Waals surface area (Å²) in [6.45, 7) is 5.44. The highest BCUT2D eigenvalue weighted by atomic mass is 32.2. The molecular formula is C19H20N4OS. The summed E-state index contributed by atoms with van der Waals surface area (Å²) in [5.74, 6) is 0.157. The van der Waals surface area contributed by atoms with E-state index in [9.17, 15) is 4.79 Å². The number of aromatic amines is 1. The van der Waals surface area contributed by atoms with Gasteiger partial charge in [0.25, 0.3) is 0 Å². The number of nitrogens with zero attached hydrogens (tertiary/aromatic N) is 3. The van der Waals surface area contributed by atoms with E-state index in [0.29, 0.717) is 12.2 Å². The number of fused-ring (bicyclic) bond motifs is 2. The van der Waals surface area contributed by atoms with Crippen molar-refractivity contribution >= 4 is 28.8 Å². The van der Waals surface area contributed by atoms with Gasteiger partial charge in [0.1, 0.15) is 0 Å². The van der Waals surface area contributed by atoms with Gasteiger partial charge in [-0.05, 0) is 43.0 Å². The van der Waals surface area contributed by atoms with E-state index in [1.165, 1.54) is 22.9 Å². The van der Waals surface area contributed by atoms with Crippen molar-refractivity contribution in [3.8, 4) is 0 Å². The van der Waals surface area contributed by atoms with Crippen LogP contribution in [0.1, 0.15) is 23.6 Å². The van der Waals surface area contributed by atoms with Gasteiger partial charge < -0.3 is 9.88 Å². The van der Waals surface area contributed by atoms with Gasteiger partial charge in [0.05, 0.1) is 10.8 Å². The molecule has 1 aromatic carbocycles. The third-order valence-corrected chi connectivity index (χ3v) is 5.63. The predicted molar refractivity (Wildman–Crippen MR) is 99.5 cm³/mol. The summed E-state index contributed by atoms with van der Waals surface area (Å²) in [7, 11) is 0. The molecule has 1 amide bonds. The molecule has 1 unspecified atom stereocenters. The number of carbonyl (C=O) groups excluding carboxylic acids is 1. The SMILES string of the molecule is Cc1ccnc2nc(SC(C)C(=O)N3CCc4ccccc4C3)[nH]c12. The van der Waals surface area contributed by atoms with Crippen molar-refractivity contribution in [1.29, 1.82) is 0 Å². The number of thioether (sulfide) groups is 1. The molecule has 0 radical (unpaired) electrons. The van der Waals surface area contributed by atoms with Crippen LogP contribution in [0.4, 0.5) is 0 Å². The van der Waals surface area contributed by atoms with Gasteiger partial charge in [-0.15, -0.1) is 0 Å². The zero-order chi connectivity index (χ0) is 17.4. The van der Waals surface area contributed by atoms with Gasteiger partial charge in [0.2, 0.25) is 5.91 Å². The van der Waals surface area contributed by atoms with Crippen LogP contribution in [0.5, 0.6) is 0 Å². The summed E-state index contributed by atoms with van der Waals surface area (Å²) < 4.78 is 0. The number of pyridine rings is 1. The Hall–Kier alpha value is -2.34. The Balaban J connectivity index is 1.48. The summed E-state index contributed by atoms with van der Waals surface area (Å²) in [4.78, 5) is 26.9. The lowest BCUT2D eigenvalue weighted by molar-refractivity contribution is -0.131. The lowest BCUT2D eigenvalue weighted by Crippen LogP contribution is -2.40. The minimum absolute atomic E-state index is 0.157. The zero-order valence-electron chi connectivity index (χ0n) is 14.3. The number of aromatic nitrogens is 3. The molecule has 0 aliphatic carbocycles. The van der Waals surface area contributed by atoms with Gasteiger partial charge in [-0.25, -0.2) is 9.97 Å². The molecular weight excluding hydrogens is 332 g/mol. The Bertz CT molecular complexity index is 936. The summed E-state index contributed by atoms with van der Waals surface area (Å²) in [5, 5.41) is 0.557. The van der Waals surface area contributed by atoms with Crippen LogP contribution in [0.3, 0.4) is 0 Å². The minimum Gasteiger partial charge on any atom is -0.337 e. The molecule has 3 aromatic rings. The van der Waals surface area contributed by atoms with Crippen molar-refractivity contribution in [2.24, 2.45) is 0 Å². The Morgan fingerprint density at radius 1 is 1.28 bits per heavy atom. The quantitative estimate of drug-likeness (QED) is 0.735. The number of carbonyl (C=O) groups is 1. The molecule has 1 aliphatic rings. The number of amides is 1. The van der Waals surface area contributed by atoms with E-state index >= 15 is 0 Å². The normalized spacial score (nSPS) is 15.2. The van der Waals surface area contributed by atoms with Crippen molar-refractivity contribution in [3.05, 3.63) is 53.2 Å². The largest absolute Gasteiger partial charge is 0.337 e. The van der Waals surface area contributed by atoms with Crippen molar-refractivity contribution in [3.63, 3.8) is 0 Å². The van der Waals surface area contributed by atoms with E-state index in [1.807, 2.05) is 30.9 Å². The summed E-state index contributed by atoms with van der Waals surface area (Å²) in [6, 6.07) is 10.3. The molecule has 0 bridgehead atoms. The third kappa shape index (κ3) is 3.14. The van der Waals surface area contributed by atoms with Crippen LogP contribution in [-0.4, -0.2) is 37.6 Å². The van der Waals surface area contributed by atoms with Crippen LogP contribution in [0, 0.1) is 6.92 Å². The molecule has 0 saturated heterocycles. The first-order valence-corrected chi connectivity index (χ1v) is 9.33. The van der Waals surface area contributed by atoms with Crippen molar-refractivity contribution in [2.75, 3.05) is 6.54 Å². The van der Waals surface area contributed by atoms with Gasteiger partial charge in [-0.2, -0.15) is 0 Å². The third-order valence-electron chi connectivity index (χ3n) is 4.66. The molecule has 6 heteroatoms. The average Bonchev–Trinajstić information content (AvgIpc) is 3.04. The number of hydrogen-bond acceptors (Lipinski definition) is 4. The first-order chi connectivity index (χ1) is 12.1. The van der Waals surface area contributed by atoms with E-state index in [4.69, 9.17) is 0 Å². The number of hydrogen-bond donors (Lipinski definition) is 1. The van der Waals surface area contributed by atoms with Crippen LogP contribution in [0.25, 0.3) is 11.2 Å². The minimum atomic E-state index is -0.189. The number of imidazole rings is 1. The molecule has 4 rings (SSSR count). The van der Waals surface area contributed by atoms with E-state index < -0.39 is 0 Å². The Morgan fingerprint density at radius 3 is 2.88 bits per heavy atom. The predicted octanol–water partition coefficient (Wildman–Crippen LogP) is 3.33. The van der Waals surface area contributed by atoms with Crippen LogP contribution in [0.2, 0.25) is 0 Å². The average molecular weight is 352 g/mol. The summed E-state index contributed by atoms with van der Waals surface area (Å²) >= 11 is 1.46. The standard InChI is InChI=1S/C19H20N4OS/c1-12-7-9-20-17-16(12)21-19(22-17)25-13(2)18(24)23-10-8-14-5-3-4-6-15(14)11-23/h3-7,9,13H,8,10-11H2,1-2H3,(H,20,21,22). The number of aryl methyl sites for hydroxylation is 1. The van der Waals surface area contributed by atoms with Gasteiger partial charge >= 0.3 is 0 Å². The second kappa shape index (κ2) is 6.52. The van der Waals surface area contributed by atoms with E-state index in [-0.39, 0.29) is 11.2 Å². The van der Waals surface area contributed by atoms with Gasteiger partial charge in [0, 0.05) is 19.3 Å². The molecule has 0 fully saturated rings. The number of rotatable bonds is 3. The fourth-order valence-corrected chi connectivity index (χ4v) is 4.11. The van der Waals surface area contributed by atoms with Gasteiger partial charge in [0.15, 0.2) is 10.8 Å². The number of benzene rings is 1. The molecule has 25 heavy (non-hydrogen) atoms. The smallest absolute Gasteiger partial charge is 0.236 e. The maximum atomic E-state index is 12.8. The van der Waals surface area contributed by atoms with Crippen LogP contribution in [0.15, 0.2) is 41.7 Å². The summed E-state index contributed by atoms with van der Waals surface area (Å²) in [5.41, 5.74) is 5.36. The highest BCUT2D eigenvalue weighted by molar-refractivity contribution is 8.00. The van der Waals surface area contributed by atoms with Gasteiger partial charge in [-0.1, -0.05) is 36.0 Å². The van der Waals surface area contributed by atoms with Crippen LogP contribution >= 0.6 is 11.8 Å². The molecule has 0 spiro atoms. The fourth-order valence-electron chi connectivity index (χ4n) is 3.23. The Kier molecular flexibility index (Phi) is 4.21. The van der Waals surface area contributed by atoms with Gasteiger partial charge in [-0.3, -0.25) is 4.79 Å². The van der Waals surface area contributed by atoms with E-state index in [1.54, 1.807) is 6.20 Å². The lowest BCUT2D eigenvalue weighted by atomic mass is 10.00. The maximum Gasteiger partial charge on any atom is 0.236 e. The first-order valence-electron chi connectivity index (χ1n) is 8.45. The first kappa shape index (κ1) is 16.1. The highest BCUT2D eigenvalue weighted by Gasteiger charge is 2.26. The highest BCUT2D eigenvalue weighted by Crippen LogP contribution is 2.27. The molecule has 5 nitrogen and oxygen atoms in total. The molecule has 1 atom stereocenters. The second-order valence-electron chi connectivity index (χ2n) is 6.41. The van der Waals surface area contributed by atoms with E-state index in [2.05, 4.69) is 33.2 Å². The zero-order valence-corrected chi connectivity index (χ0v) is 15.1. The number of nitrogens with one attached hydrogen (secondary N) is 1. The molecule has 128 valence electrons. The number of H-pyrrole nitrogens is 1. The molecule has 3 heterocycles.